The maximum absolute atomic E-state index is 10.3. The molecule has 0 amide bonds. The first-order valence-corrected chi connectivity index (χ1v) is 5.97. The molecule has 0 radical (unpaired) electrons. The van der Waals surface area contributed by atoms with Gasteiger partial charge in [0.1, 0.15) is 6.04 Å². The fourth-order valence-electron chi connectivity index (χ4n) is 0.984. The molecule has 0 aliphatic carbocycles. The summed E-state index contributed by atoms with van der Waals surface area (Å²) >= 11 is 0. The Kier molecular flexibility index (Phi) is 12.2. The Bertz CT molecular complexity index is 202. The molecule has 3 N–H and O–H groups in total. The smallest absolute Gasteiger partial charge is 0.322 e. The highest BCUT2D eigenvalue weighted by atomic mass is 16.6. The lowest BCUT2D eigenvalue weighted by molar-refractivity contribution is -0.140. The molecule has 108 valence electrons. The zero-order valence-corrected chi connectivity index (χ0v) is 10.8. The van der Waals surface area contributed by atoms with Crippen molar-refractivity contribution in [1.82, 2.24) is 0 Å². The third kappa shape index (κ3) is 11.7. The average Bonchev–Trinajstić information content (AvgIpc) is 2.35. The molecule has 0 fully saturated rings. The minimum Gasteiger partial charge on any atom is -0.480 e. The standard InChI is InChI=1S/C11H23NO6/c1-2-15-3-4-16-5-6-17-7-8-18-9-10(12)11(13)14/h10H,2-9,12H2,1H3,(H,13,14). The minimum atomic E-state index is -1.07. The molecule has 1 unspecified atom stereocenters. The zero-order chi connectivity index (χ0) is 13.6. The van der Waals surface area contributed by atoms with Crippen molar-refractivity contribution in [2.24, 2.45) is 5.73 Å². The number of rotatable bonds is 13. The van der Waals surface area contributed by atoms with Crippen LogP contribution in [0.4, 0.5) is 0 Å². The summed E-state index contributed by atoms with van der Waals surface area (Å²) in [5.74, 6) is -1.07. The summed E-state index contributed by atoms with van der Waals surface area (Å²) in [4.78, 5) is 10.3. The van der Waals surface area contributed by atoms with Gasteiger partial charge in [-0.2, -0.15) is 0 Å². The van der Waals surface area contributed by atoms with Crippen molar-refractivity contribution in [2.45, 2.75) is 13.0 Å². The predicted octanol–water partition coefficient (Wildman–Crippen LogP) is -0.515. The number of nitrogens with two attached hydrogens (primary N) is 1. The Labute approximate surface area is 107 Å². The summed E-state index contributed by atoms with van der Waals surface area (Å²) < 4.78 is 20.5. The summed E-state index contributed by atoms with van der Waals surface area (Å²) in [5, 5.41) is 8.48. The van der Waals surface area contributed by atoms with Crippen LogP contribution in [0.15, 0.2) is 0 Å². The molecule has 0 aliphatic heterocycles. The van der Waals surface area contributed by atoms with E-state index in [2.05, 4.69) is 0 Å². The van der Waals surface area contributed by atoms with Crippen molar-refractivity contribution in [2.75, 3.05) is 52.9 Å². The lowest BCUT2D eigenvalue weighted by atomic mass is 10.3. The van der Waals surface area contributed by atoms with Crippen LogP contribution in [-0.4, -0.2) is 70.0 Å². The highest BCUT2D eigenvalue weighted by Crippen LogP contribution is 1.85. The van der Waals surface area contributed by atoms with Gasteiger partial charge in [0.05, 0.1) is 46.2 Å². The Morgan fingerprint density at radius 2 is 1.44 bits per heavy atom. The molecule has 0 saturated carbocycles. The number of carboxylic acid groups (broad SMARTS) is 1. The van der Waals surface area contributed by atoms with Crippen LogP contribution in [0.3, 0.4) is 0 Å². The molecule has 18 heavy (non-hydrogen) atoms. The van der Waals surface area contributed by atoms with Gasteiger partial charge < -0.3 is 29.8 Å². The first kappa shape index (κ1) is 17.3. The van der Waals surface area contributed by atoms with Gasteiger partial charge in [-0.3, -0.25) is 4.79 Å². The molecular formula is C11H23NO6. The maximum Gasteiger partial charge on any atom is 0.322 e. The van der Waals surface area contributed by atoms with Crippen LogP contribution in [0.2, 0.25) is 0 Å². The van der Waals surface area contributed by atoms with Crippen molar-refractivity contribution in [3.05, 3.63) is 0 Å². The molecule has 0 saturated heterocycles. The minimum absolute atomic E-state index is 0.0104. The molecule has 0 bridgehead atoms. The molecule has 0 aromatic carbocycles. The molecule has 7 heteroatoms. The summed E-state index contributed by atoms with van der Waals surface area (Å²) in [6.07, 6.45) is 0. The van der Waals surface area contributed by atoms with Gasteiger partial charge in [0.25, 0.3) is 0 Å². The highest BCUT2D eigenvalue weighted by molar-refractivity contribution is 5.73. The number of carbonyl (C=O) groups is 1. The Morgan fingerprint density at radius 1 is 1.00 bits per heavy atom. The number of carboxylic acids is 1. The van der Waals surface area contributed by atoms with Gasteiger partial charge >= 0.3 is 5.97 Å². The van der Waals surface area contributed by atoms with Crippen molar-refractivity contribution in [1.29, 1.82) is 0 Å². The van der Waals surface area contributed by atoms with Crippen LogP contribution < -0.4 is 5.73 Å². The van der Waals surface area contributed by atoms with Crippen molar-refractivity contribution in [3.8, 4) is 0 Å². The molecule has 1 atom stereocenters. The molecule has 0 aromatic rings. The fraction of sp³-hybridized carbons (Fsp3) is 0.909. The highest BCUT2D eigenvalue weighted by Gasteiger charge is 2.10. The second-order valence-electron chi connectivity index (χ2n) is 3.44. The van der Waals surface area contributed by atoms with Gasteiger partial charge in [-0.1, -0.05) is 0 Å². The van der Waals surface area contributed by atoms with E-state index in [0.29, 0.717) is 46.2 Å². The summed E-state index contributed by atoms with van der Waals surface area (Å²) in [7, 11) is 0. The van der Waals surface area contributed by atoms with Crippen LogP contribution in [0.25, 0.3) is 0 Å². The van der Waals surface area contributed by atoms with E-state index in [1.165, 1.54) is 0 Å². The van der Waals surface area contributed by atoms with E-state index in [1.54, 1.807) is 0 Å². The van der Waals surface area contributed by atoms with E-state index >= 15 is 0 Å². The van der Waals surface area contributed by atoms with E-state index in [-0.39, 0.29) is 6.61 Å². The topological polar surface area (TPSA) is 100 Å². The Hall–Kier alpha value is -0.730. The van der Waals surface area contributed by atoms with Gasteiger partial charge in [0.2, 0.25) is 0 Å². The van der Waals surface area contributed by atoms with E-state index < -0.39 is 12.0 Å². The lowest BCUT2D eigenvalue weighted by Gasteiger charge is -2.08. The SMILES string of the molecule is CCOCCOCCOCCOCC(N)C(=O)O. The normalized spacial score (nSPS) is 12.6. The monoisotopic (exact) mass is 265 g/mol. The van der Waals surface area contributed by atoms with Gasteiger partial charge in [-0.25, -0.2) is 0 Å². The second-order valence-corrected chi connectivity index (χ2v) is 3.44. The van der Waals surface area contributed by atoms with Crippen molar-refractivity contribution in [3.63, 3.8) is 0 Å². The van der Waals surface area contributed by atoms with Gasteiger partial charge in [0, 0.05) is 6.61 Å². The van der Waals surface area contributed by atoms with Gasteiger partial charge in [-0.15, -0.1) is 0 Å². The molecular weight excluding hydrogens is 242 g/mol. The summed E-state index contributed by atoms with van der Waals surface area (Å²) in [6, 6.07) is -0.980. The summed E-state index contributed by atoms with van der Waals surface area (Å²) in [5.41, 5.74) is 5.24. The second kappa shape index (κ2) is 12.7. The molecule has 0 aromatic heterocycles. The van der Waals surface area contributed by atoms with Crippen LogP contribution in [0, 0.1) is 0 Å². The summed E-state index contributed by atoms with van der Waals surface area (Å²) in [6.45, 7) is 5.44. The fourth-order valence-corrected chi connectivity index (χ4v) is 0.984. The first-order valence-electron chi connectivity index (χ1n) is 5.97. The van der Waals surface area contributed by atoms with Gasteiger partial charge in [-0.05, 0) is 6.92 Å². The quantitative estimate of drug-likeness (QED) is 0.432. The van der Waals surface area contributed by atoms with E-state index in [9.17, 15) is 4.79 Å². The van der Waals surface area contributed by atoms with Crippen molar-refractivity contribution < 1.29 is 28.8 Å². The molecule has 0 heterocycles. The Balaban J connectivity index is 3.05. The van der Waals surface area contributed by atoms with E-state index in [4.69, 9.17) is 29.8 Å². The first-order chi connectivity index (χ1) is 8.68. The number of ether oxygens (including phenoxy) is 4. The lowest BCUT2D eigenvalue weighted by Crippen LogP contribution is -2.35. The van der Waals surface area contributed by atoms with Crippen LogP contribution in [0.5, 0.6) is 0 Å². The third-order valence-electron chi connectivity index (χ3n) is 1.93. The zero-order valence-electron chi connectivity index (χ0n) is 10.8. The average molecular weight is 265 g/mol. The van der Waals surface area contributed by atoms with E-state index in [1.807, 2.05) is 6.92 Å². The maximum atomic E-state index is 10.3. The van der Waals surface area contributed by atoms with Crippen LogP contribution in [-0.2, 0) is 23.7 Å². The molecule has 0 aliphatic rings. The predicted molar refractivity (Wildman–Crippen MR) is 64.6 cm³/mol. The van der Waals surface area contributed by atoms with Crippen LogP contribution >= 0.6 is 0 Å². The number of hydrogen-bond donors (Lipinski definition) is 2. The van der Waals surface area contributed by atoms with E-state index in [0.717, 1.165) is 0 Å². The number of aliphatic carboxylic acids is 1. The van der Waals surface area contributed by atoms with Gasteiger partial charge in [0.15, 0.2) is 0 Å². The van der Waals surface area contributed by atoms with Crippen molar-refractivity contribution >= 4 is 5.97 Å². The molecule has 0 rings (SSSR count). The number of hydrogen-bond acceptors (Lipinski definition) is 6. The molecule has 0 spiro atoms. The van der Waals surface area contributed by atoms with Crippen LogP contribution in [0.1, 0.15) is 6.92 Å². The third-order valence-corrected chi connectivity index (χ3v) is 1.93. The molecule has 7 nitrogen and oxygen atoms in total. The largest absolute Gasteiger partial charge is 0.480 e. The Morgan fingerprint density at radius 3 is 1.89 bits per heavy atom.